The first kappa shape index (κ1) is 14.4. The van der Waals surface area contributed by atoms with Crippen molar-refractivity contribution in [2.45, 2.75) is 36.5 Å². The van der Waals surface area contributed by atoms with Crippen LogP contribution in [0.3, 0.4) is 0 Å². The SMILES string of the molecule is c1ccn2cc(CSc3ncnc4sc5c(c34)CCCC5)nc2c1. The number of thioether (sulfide) groups is 1. The second-order valence-electron chi connectivity index (χ2n) is 6.06. The van der Waals surface area contributed by atoms with Crippen LogP contribution in [-0.2, 0) is 18.6 Å². The summed E-state index contributed by atoms with van der Waals surface area (Å²) in [7, 11) is 0. The molecular weight excluding hydrogens is 336 g/mol. The van der Waals surface area contributed by atoms with E-state index in [0.717, 1.165) is 27.0 Å². The average Bonchev–Trinajstić information content (AvgIpc) is 3.20. The molecule has 0 amide bonds. The number of thiophene rings is 1. The molecule has 0 aromatic carbocycles. The molecule has 4 nitrogen and oxygen atoms in total. The molecule has 0 atom stereocenters. The fourth-order valence-corrected chi connectivity index (χ4v) is 5.57. The maximum atomic E-state index is 4.68. The van der Waals surface area contributed by atoms with E-state index in [4.69, 9.17) is 0 Å². The summed E-state index contributed by atoms with van der Waals surface area (Å²) in [6, 6.07) is 6.08. The van der Waals surface area contributed by atoms with Crippen LogP contribution in [0.4, 0.5) is 0 Å². The fourth-order valence-electron chi connectivity index (χ4n) is 3.37. The maximum absolute atomic E-state index is 4.68. The lowest BCUT2D eigenvalue weighted by Gasteiger charge is -2.11. The third kappa shape index (κ3) is 2.41. The smallest absolute Gasteiger partial charge is 0.137 e. The van der Waals surface area contributed by atoms with Gasteiger partial charge in [0.1, 0.15) is 21.8 Å². The van der Waals surface area contributed by atoms with Crippen LogP contribution in [0.25, 0.3) is 15.9 Å². The van der Waals surface area contributed by atoms with Gasteiger partial charge in [-0.25, -0.2) is 15.0 Å². The molecule has 0 radical (unpaired) electrons. The molecule has 0 saturated heterocycles. The number of hydrogen-bond donors (Lipinski definition) is 0. The van der Waals surface area contributed by atoms with Gasteiger partial charge in [-0.1, -0.05) is 17.8 Å². The Morgan fingerprint density at radius 3 is 3.08 bits per heavy atom. The Hall–Kier alpha value is -1.92. The minimum Gasteiger partial charge on any atom is -0.307 e. The summed E-state index contributed by atoms with van der Waals surface area (Å²) in [4.78, 5) is 16.4. The van der Waals surface area contributed by atoms with Crippen molar-refractivity contribution in [3.05, 3.63) is 53.1 Å². The lowest BCUT2D eigenvalue weighted by molar-refractivity contribution is 0.699. The number of hydrogen-bond acceptors (Lipinski definition) is 5. The van der Waals surface area contributed by atoms with Crippen molar-refractivity contribution in [3.8, 4) is 0 Å². The normalized spacial score (nSPS) is 14.3. The van der Waals surface area contributed by atoms with Gasteiger partial charge >= 0.3 is 0 Å². The summed E-state index contributed by atoms with van der Waals surface area (Å²) in [5.41, 5.74) is 3.58. The van der Waals surface area contributed by atoms with Crippen LogP contribution in [0.2, 0.25) is 0 Å². The van der Waals surface area contributed by atoms with Crippen molar-refractivity contribution in [1.82, 2.24) is 19.4 Å². The van der Waals surface area contributed by atoms with Crippen LogP contribution < -0.4 is 0 Å². The predicted molar refractivity (Wildman–Crippen MR) is 98.8 cm³/mol. The Morgan fingerprint density at radius 2 is 2.12 bits per heavy atom. The van der Waals surface area contributed by atoms with Crippen LogP contribution in [0.15, 0.2) is 41.9 Å². The number of nitrogens with zero attached hydrogens (tertiary/aromatic N) is 4. The molecule has 0 spiro atoms. The van der Waals surface area contributed by atoms with E-state index in [9.17, 15) is 0 Å². The Labute approximate surface area is 148 Å². The fraction of sp³-hybridized carbons (Fsp3) is 0.278. The second kappa shape index (κ2) is 5.86. The van der Waals surface area contributed by atoms with Crippen molar-refractivity contribution < 1.29 is 0 Å². The lowest BCUT2D eigenvalue weighted by Crippen LogP contribution is -1.99. The van der Waals surface area contributed by atoms with Gasteiger partial charge < -0.3 is 4.40 Å². The zero-order valence-corrected chi connectivity index (χ0v) is 14.7. The molecule has 0 fully saturated rings. The van der Waals surface area contributed by atoms with Gasteiger partial charge in [0.25, 0.3) is 0 Å². The molecule has 4 aromatic rings. The second-order valence-corrected chi connectivity index (χ2v) is 8.10. The van der Waals surface area contributed by atoms with E-state index in [1.165, 1.54) is 41.5 Å². The van der Waals surface area contributed by atoms with Crippen LogP contribution in [0.5, 0.6) is 0 Å². The molecule has 0 N–H and O–H groups in total. The first-order valence-electron chi connectivity index (χ1n) is 8.19. The van der Waals surface area contributed by atoms with Gasteiger partial charge in [0, 0.05) is 28.4 Å². The summed E-state index contributed by atoms with van der Waals surface area (Å²) in [6.07, 6.45) is 10.8. The Kier molecular flexibility index (Phi) is 3.52. The van der Waals surface area contributed by atoms with E-state index in [0.29, 0.717) is 0 Å². The molecule has 0 bridgehead atoms. The summed E-state index contributed by atoms with van der Waals surface area (Å²) < 4.78 is 2.07. The molecule has 4 aromatic heterocycles. The van der Waals surface area contributed by atoms with E-state index in [-0.39, 0.29) is 0 Å². The van der Waals surface area contributed by atoms with Crippen molar-refractivity contribution >= 4 is 39.0 Å². The van der Waals surface area contributed by atoms with Crippen molar-refractivity contribution in [2.24, 2.45) is 0 Å². The van der Waals surface area contributed by atoms with Crippen LogP contribution in [-0.4, -0.2) is 19.4 Å². The summed E-state index contributed by atoms with van der Waals surface area (Å²) in [6.45, 7) is 0. The standard InChI is InChI=1S/C18H16N4S2/c1-2-6-14-13(5-1)16-17(19-11-20-18(16)24-14)23-10-12-9-22-8-4-3-7-15(22)21-12/h3-4,7-9,11H,1-2,5-6,10H2. The first-order valence-corrected chi connectivity index (χ1v) is 9.99. The molecule has 6 heteroatoms. The molecule has 24 heavy (non-hydrogen) atoms. The summed E-state index contributed by atoms with van der Waals surface area (Å²) >= 11 is 3.63. The number of imidazole rings is 1. The number of pyridine rings is 1. The number of rotatable bonds is 3. The van der Waals surface area contributed by atoms with E-state index in [2.05, 4.69) is 25.5 Å². The quantitative estimate of drug-likeness (QED) is 0.402. The minimum absolute atomic E-state index is 0.832. The molecule has 4 heterocycles. The molecule has 5 rings (SSSR count). The van der Waals surface area contributed by atoms with Crippen LogP contribution in [0.1, 0.15) is 29.0 Å². The lowest BCUT2D eigenvalue weighted by atomic mass is 9.97. The molecule has 0 saturated carbocycles. The van der Waals surface area contributed by atoms with E-state index in [1.807, 2.05) is 35.7 Å². The van der Waals surface area contributed by atoms with Crippen LogP contribution in [0, 0.1) is 0 Å². The minimum atomic E-state index is 0.832. The predicted octanol–water partition coefficient (Wildman–Crippen LogP) is 4.51. The number of aromatic nitrogens is 4. The third-order valence-corrected chi connectivity index (χ3v) is 6.71. The molecular formula is C18H16N4S2. The van der Waals surface area contributed by atoms with Crippen molar-refractivity contribution in [2.75, 3.05) is 0 Å². The molecule has 0 aliphatic heterocycles. The largest absolute Gasteiger partial charge is 0.307 e. The molecule has 1 aliphatic carbocycles. The molecule has 120 valence electrons. The Bertz CT molecular complexity index is 1000. The van der Waals surface area contributed by atoms with Crippen molar-refractivity contribution in [1.29, 1.82) is 0 Å². The number of aryl methyl sites for hydroxylation is 2. The Morgan fingerprint density at radius 1 is 1.17 bits per heavy atom. The Balaban J connectivity index is 1.49. The molecule has 1 aliphatic rings. The monoisotopic (exact) mass is 352 g/mol. The highest BCUT2D eigenvalue weighted by molar-refractivity contribution is 7.98. The number of fused-ring (bicyclic) bond motifs is 4. The highest BCUT2D eigenvalue weighted by atomic mass is 32.2. The highest BCUT2D eigenvalue weighted by Gasteiger charge is 2.20. The van der Waals surface area contributed by atoms with Crippen molar-refractivity contribution in [3.63, 3.8) is 0 Å². The van der Waals surface area contributed by atoms with Gasteiger partial charge in [0.05, 0.1) is 5.69 Å². The van der Waals surface area contributed by atoms with Gasteiger partial charge in [-0.15, -0.1) is 11.3 Å². The first-order chi connectivity index (χ1) is 11.9. The van der Waals surface area contributed by atoms with Gasteiger partial charge in [0.2, 0.25) is 0 Å². The van der Waals surface area contributed by atoms with E-state index in [1.54, 1.807) is 18.1 Å². The maximum Gasteiger partial charge on any atom is 0.137 e. The topological polar surface area (TPSA) is 43.1 Å². The summed E-state index contributed by atoms with van der Waals surface area (Å²) in [5, 5.41) is 2.41. The van der Waals surface area contributed by atoms with Crippen LogP contribution >= 0.6 is 23.1 Å². The zero-order chi connectivity index (χ0) is 15.9. The average molecular weight is 352 g/mol. The molecule has 0 unspecified atom stereocenters. The van der Waals surface area contributed by atoms with E-state index < -0.39 is 0 Å². The van der Waals surface area contributed by atoms with Gasteiger partial charge in [-0.2, -0.15) is 0 Å². The third-order valence-electron chi connectivity index (χ3n) is 4.49. The van der Waals surface area contributed by atoms with Gasteiger partial charge in [-0.05, 0) is 43.4 Å². The zero-order valence-electron chi connectivity index (χ0n) is 13.1. The highest BCUT2D eigenvalue weighted by Crippen LogP contribution is 2.39. The van der Waals surface area contributed by atoms with Gasteiger partial charge in [0.15, 0.2) is 0 Å². The van der Waals surface area contributed by atoms with Gasteiger partial charge in [-0.3, -0.25) is 0 Å². The summed E-state index contributed by atoms with van der Waals surface area (Å²) in [5.74, 6) is 0.832. The van der Waals surface area contributed by atoms with E-state index >= 15 is 0 Å².